The Kier molecular flexibility index (Phi) is 7.78. The Labute approximate surface area is 328 Å². The zero-order valence-electron chi connectivity index (χ0n) is 30.4. The summed E-state index contributed by atoms with van der Waals surface area (Å²) >= 11 is 1.81. The molecule has 7 aromatic carbocycles. The SMILES string of the molecule is C1=CCC(n2c3ccccc3c3ccc(-c4nc(-c5ccccc5-c5ccccc5-c5ccccc5)nc(-c5cccc6sc7ccccc7c56)n4)cc32)C=C1. The topological polar surface area (TPSA) is 43.6 Å². The van der Waals surface area contributed by atoms with E-state index in [1.54, 1.807) is 11.3 Å². The number of fused-ring (bicyclic) bond motifs is 6. The van der Waals surface area contributed by atoms with E-state index in [4.69, 9.17) is 15.0 Å². The first-order valence-corrected chi connectivity index (χ1v) is 19.9. The molecular formula is C51H34N4S. The van der Waals surface area contributed by atoms with Crippen LogP contribution in [-0.2, 0) is 0 Å². The van der Waals surface area contributed by atoms with E-state index >= 15 is 0 Å². The number of aromatic nitrogens is 4. The Morgan fingerprint density at radius 3 is 1.89 bits per heavy atom. The predicted molar refractivity (Wildman–Crippen MR) is 235 cm³/mol. The van der Waals surface area contributed by atoms with Crippen LogP contribution in [0.2, 0.25) is 0 Å². The number of thiophene rings is 1. The summed E-state index contributed by atoms with van der Waals surface area (Å²) in [6.07, 6.45) is 9.78. The van der Waals surface area contributed by atoms with Crippen molar-refractivity contribution in [1.29, 1.82) is 0 Å². The molecule has 56 heavy (non-hydrogen) atoms. The third-order valence-corrected chi connectivity index (χ3v) is 12.1. The minimum atomic E-state index is 0.211. The van der Waals surface area contributed by atoms with Crippen molar-refractivity contribution in [2.24, 2.45) is 0 Å². The maximum Gasteiger partial charge on any atom is 0.164 e. The molecule has 0 spiro atoms. The highest BCUT2D eigenvalue weighted by atomic mass is 32.1. The standard InChI is InChI=1S/C51H34N4S/c1-3-16-33(17-4-1)36-20-7-8-21-37(36)38-22-9-10-24-41(38)50-52-49(53-51(54-50)43-26-15-29-47-48(43)42-25-12-14-28-46(42)56-47)34-30-31-40-39-23-11-13-27-44(39)55(45(40)32-34)35-18-5-2-6-19-35/h1-18,20-32,35H,19H2. The molecule has 4 nitrogen and oxygen atoms in total. The van der Waals surface area contributed by atoms with Crippen molar-refractivity contribution in [3.63, 3.8) is 0 Å². The monoisotopic (exact) mass is 734 g/mol. The first kappa shape index (κ1) is 32.5. The molecule has 3 aromatic heterocycles. The van der Waals surface area contributed by atoms with Crippen LogP contribution in [0.15, 0.2) is 188 Å². The maximum absolute atomic E-state index is 5.37. The van der Waals surface area contributed by atoms with Crippen LogP contribution in [0, 0.1) is 0 Å². The lowest BCUT2D eigenvalue weighted by Crippen LogP contribution is -2.07. The van der Waals surface area contributed by atoms with Gasteiger partial charge >= 0.3 is 0 Å². The van der Waals surface area contributed by atoms with E-state index in [0.717, 1.165) is 45.4 Å². The summed E-state index contributed by atoms with van der Waals surface area (Å²) < 4.78 is 4.94. The van der Waals surface area contributed by atoms with E-state index in [-0.39, 0.29) is 6.04 Å². The molecule has 5 heteroatoms. The lowest BCUT2D eigenvalue weighted by Gasteiger charge is -2.18. The van der Waals surface area contributed by atoms with Gasteiger partial charge in [0.2, 0.25) is 0 Å². The van der Waals surface area contributed by atoms with Crippen LogP contribution >= 0.6 is 11.3 Å². The molecule has 0 bridgehead atoms. The molecule has 264 valence electrons. The molecule has 3 heterocycles. The summed E-state index contributed by atoms with van der Waals surface area (Å²) in [5.74, 6) is 1.94. The van der Waals surface area contributed by atoms with E-state index in [0.29, 0.717) is 17.5 Å². The van der Waals surface area contributed by atoms with Crippen molar-refractivity contribution in [3.8, 4) is 56.4 Å². The van der Waals surface area contributed by atoms with E-state index in [1.165, 1.54) is 42.0 Å². The van der Waals surface area contributed by atoms with Crippen molar-refractivity contribution in [2.75, 3.05) is 0 Å². The summed E-state index contributed by atoms with van der Waals surface area (Å²) in [7, 11) is 0. The molecule has 0 radical (unpaired) electrons. The van der Waals surface area contributed by atoms with E-state index in [9.17, 15) is 0 Å². The molecule has 0 N–H and O–H groups in total. The van der Waals surface area contributed by atoms with Gasteiger partial charge < -0.3 is 4.57 Å². The lowest BCUT2D eigenvalue weighted by atomic mass is 9.91. The molecule has 0 saturated heterocycles. The van der Waals surface area contributed by atoms with Crippen LogP contribution in [0.25, 0.3) is 98.4 Å². The zero-order chi connectivity index (χ0) is 37.0. The van der Waals surface area contributed by atoms with Crippen molar-refractivity contribution in [3.05, 3.63) is 188 Å². The van der Waals surface area contributed by atoms with Gasteiger partial charge in [0.1, 0.15) is 0 Å². The highest BCUT2D eigenvalue weighted by molar-refractivity contribution is 7.25. The zero-order valence-corrected chi connectivity index (χ0v) is 31.2. The number of benzene rings is 7. The summed E-state index contributed by atoms with van der Waals surface area (Å²) in [4.78, 5) is 16.1. The second-order valence-electron chi connectivity index (χ2n) is 14.3. The van der Waals surface area contributed by atoms with Gasteiger partial charge in [-0.05, 0) is 52.9 Å². The van der Waals surface area contributed by atoms with Gasteiger partial charge in [-0.15, -0.1) is 11.3 Å². The lowest BCUT2D eigenvalue weighted by molar-refractivity contribution is 0.648. The molecular weight excluding hydrogens is 701 g/mol. The third-order valence-electron chi connectivity index (χ3n) is 11.0. The molecule has 0 amide bonds. The molecule has 1 atom stereocenters. The number of hydrogen-bond acceptors (Lipinski definition) is 4. The van der Waals surface area contributed by atoms with Crippen molar-refractivity contribution in [1.82, 2.24) is 19.5 Å². The fourth-order valence-electron chi connectivity index (χ4n) is 8.46. The molecule has 1 unspecified atom stereocenters. The Morgan fingerprint density at radius 1 is 0.446 bits per heavy atom. The average molecular weight is 735 g/mol. The first-order chi connectivity index (χ1) is 27.8. The molecule has 1 aliphatic rings. The van der Waals surface area contributed by atoms with Crippen molar-refractivity contribution >= 4 is 53.3 Å². The Bertz CT molecular complexity index is 3190. The normalized spacial score (nSPS) is 14.0. The molecule has 0 fully saturated rings. The Morgan fingerprint density at radius 2 is 1.07 bits per heavy atom. The van der Waals surface area contributed by atoms with Crippen LogP contribution in [0.5, 0.6) is 0 Å². The highest BCUT2D eigenvalue weighted by Crippen LogP contribution is 2.42. The van der Waals surface area contributed by atoms with Crippen LogP contribution < -0.4 is 0 Å². The summed E-state index contributed by atoms with van der Waals surface area (Å²) in [5, 5.41) is 4.85. The number of allylic oxidation sites excluding steroid dienone is 4. The van der Waals surface area contributed by atoms with Crippen LogP contribution in [0.3, 0.4) is 0 Å². The fraction of sp³-hybridized carbons (Fsp3) is 0.0392. The van der Waals surface area contributed by atoms with Gasteiger partial charge in [-0.3, -0.25) is 0 Å². The molecule has 1 aliphatic carbocycles. The molecule has 0 aliphatic heterocycles. The largest absolute Gasteiger partial charge is 0.333 e. The second kappa shape index (κ2) is 13.4. The van der Waals surface area contributed by atoms with Crippen LogP contribution in [-0.4, -0.2) is 19.5 Å². The van der Waals surface area contributed by atoms with Crippen molar-refractivity contribution < 1.29 is 0 Å². The molecule has 10 aromatic rings. The number of nitrogens with zero attached hydrogens (tertiary/aromatic N) is 4. The van der Waals surface area contributed by atoms with E-state index in [1.807, 2.05) is 0 Å². The van der Waals surface area contributed by atoms with Crippen LogP contribution in [0.4, 0.5) is 0 Å². The minimum absolute atomic E-state index is 0.211. The van der Waals surface area contributed by atoms with Gasteiger partial charge in [-0.2, -0.15) is 0 Å². The third kappa shape index (κ3) is 5.39. The van der Waals surface area contributed by atoms with Gasteiger partial charge in [0, 0.05) is 53.2 Å². The first-order valence-electron chi connectivity index (χ1n) is 19.1. The van der Waals surface area contributed by atoms with Crippen molar-refractivity contribution in [2.45, 2.75) is 12.5 Å². The molecule has 0 saturated carbocycles. The second-order valence-corrected chi connectivity index (χ2v) is 15.4. The quantitative estimate of drug-likeness (QED) is 0.171. The van der Waals surface area contributed by atoms with Gasteiger partial charge in [-0.25, -0.2) is 15.0 Å². The smallest absolute Gasteiger partial charge is 0.164 e. The number of para-hydroxylation sites is 1. The van der Waals surface area contributed by atoms with Gasteiger partial charge in [-0.1, -0.05) is 164 Å². The average Bonchev–Trinajstić information content (AvgIpc) is 3.82. The fourth-order valence-corrected chi connectivity index (χ4v) is 9.59. The summed E-state index contributed by atoms with van der Waals surface area (Å²) in [6.45, 7) is 0. The van der Waals surface area contributed by atoms with E-state index in [2.05, 4.69) is 193 Å². The highest BCUT2D eigenvalue weighted by Gasteiger charge is 2.22. The summed E-state index contributed by atoms with van der Waals surface area (Å²) in [5.41, 5.74) is 9.83. The number of rotatable bonds is 6. The van der Waals surface area contributed by atoms with Gasteiger partial charge in [0.25, 0.3) is 0 Å². The predicted octanol–water partition coefficient (Wildman–Crippen LogP) is 13.7. The number of hydrogen-bond donors (Lipinski definition) is 0. The maximum atomic E-state index is 5.37. The van der Waals surface area contributed by atoms with Gasteiger partial charge in [0.05, 0.1) is 11.6 Å². The van der Waals surface area contributed by atoms with Crippen LogP contribution in [0.1, 0.15) is 12.5 Å². The van der Waals surface area contributed by atoms with E-state index < -0.39 is 0 Å². The molecule has 11 rings (SSSR count). The Hall–Kier alpha value is -6.95. The minimum Gasteiger partial charge on any atom is -0.333 e. The van der Waals surface area contributed by atoms with Gasteiger partial charge in [0.15, 0.2) is 17.5 Å². The summed E-state index contributed by atoms with van der Waals surface area (Å²) in [6, 6.07) is 58.4. The Balaban J connectivity index is 1.17.